The summed E-state index contributed by atoms with van der Waals surface area (Å²) in [6.07, 6.45) is 8.28. The fourth-order valence-corrected chi connectivity index (χ4v) is 3.27. The van der Waals surface area contributed by atoms with Crippen molar-refractivity contribution >= 4 is 11.7 Å². The highest BCUT2D eigenvalue weighted by Gasteiger charge is 2.16. The molecule has 1 amide bonds. The fourth-order valence-electron chi connectivity index (χ4n) is 3.27. The Morgan fingerprint density at radius 3 is 2.65 bits per heavy atom. The molecule has 138 valence electrons. The van der Waals surface area contributed by atoms with E-state index in [2.05, 4.69) is 10.3 Å². The summed E-state index contributed by atoms with van der Waals surface area (Å²) in [6, 6.07) is 11.2. The topological polar surface area (TPSA) is 60.5 Å². The number of aromatic nitrogens is 1. The van der Waals surface area contributed by atoms with Gasteiger partial charge in [0, 0.05) is 6.20 Å². The summed E-state index contributed by atoms with van der Waals surface area (Å²) < 4.78 is 11.1. The van der Waals surface area contributed by atoms with Crippen molar-refractivity contribution in [1.29, 1.82) is 0 Å². The minimum atomic E-state index is -0.114. The van der Waals surface area contributed by atoms with Crippen molar-refractivity contribution in [2.45, 2.75) is 38.5 Å². The lowest BCUT2D eigenvalue weighted by atomic mass is 9.90. The molecule has 1 aliphatic carbocycles. The first kappa shape index (κ1) is 18.2. The Hall–Kier alpha value is -2.56. The Balaban J connectivity index is 1.56. The van der Waals surface area contributed by atoms with E-state index >= 15 is 0 Å². The number of hydrogen-bond donors (Lipinski definition) is 1. The van der Waals surface area contributed by atoms with E-state index in [-0.39, 0.29) is 12.3 Å². The van der Waals surface area contributed by atoms with Gasteiger partial charge in [-0.25, -0.2) is 4.98 Å². The number of nitrogens with one attached hydrogen (secondary N) is 1. The molecule has 0 unspecified atom stereocenters. The monoisotopic (exact) mass is 354 g/mol. The predicted octanol–water partition coefficient (Wildman–Crippen LogP) is 4.23. The Morgan fingerprint density at radius 1 is 1.15 bits per heavy atom. The summed E-state index contributed by atoms with van der Waals surface area (Å²) >= 11 is 0. The zero-order valence-corrected chi connectivity index (χ0v) is 15.2. The van der Waals surface area contributed by atoms with Gasteiger partial charge in [-0.05, 0) is 48.6 Å². The van der Waals surface area contributed by atoms with Crippen LogP contribution < -0.4 is 14.8 Å². The van der Waals surface area contributed by atoms with Crippen LogP contribution >= 0.6 is 0 Å². The van der Waals surface area contributed by atoms with E-state index in [1.54, 1.807) is 13.3 Å². The smallest absolute Gasteiger partial charge is 0.230 e. The van der Waals surface area contributed by atoms with Gasteiger partial charge in [-0.15, -0.1) is 0 Å². The molecule has 1 aliphatic rings. The molecule has 26 heavy (non-hydrogen) atoms. The number of nitrogens with zero attached hydrogens (tertiary/aromatic N) is 1. The van der Waals surface area contributed by atoms with Crippen LogP contribution in [0.1, 0.15) is 37.7 Å². The summed E-state index contributed by atoms with van der Waals surface area (Å²) in [6.45, 7) is 0.688. The molecular formula is C21H26N2O3. The van der Waals surface area contributed by atoms with Crippen molar-refractivity contribution in [1.82, 2.24) is 4.98 Å². The Labute approximate surface area is 154 Å². The van der Waals surface area contributed by atoms with E-state index in [4.69, 9.17) is 9.47 Å². The summed E-state index contributed by atoms with van der Waals surface area (Å²) in [5, 5.41) is 2.87. The Morgan fingerprint density at radius 2 is 1.92 bits per heavy atom. The van der Waals surface area contributed by atoms with Gasteiger partial charge >= 0.3 is 0 Å². The molecule has 0 atom stereocenters. The van der Waals surface area contributed by atoms with Crippen LogP contribution in [0.2, 0.25) is 0 Å². The van der Waals surface area contributed by atoms with Gasteiger partial charge in [0.1, 0.15) is 5.75 Å². The third kappa shape index (κ3) is 5.22. The minimum Gasteiger partial charge on any atom is -0.497 e. The molecule has 1 aromatic carbocycles. The molecule has 0 spiro atoms. The normalized spacial score (nSPS) is 14.7. The van der Waals surface area contributed by atoms with Crippen LogP contribution in [0.4, 0.5) is 5.82 Å². The van der Waals surface area contributed by atoms with Crippen molar-refractivity contribution in [2.24, 2.45) is 5.92 Å². The van der Waals surface area contributed by atoms with Gasteiger partial charge < -0.3 is 14.8 Å². The van der Waals surface area contributed by atoms with Crippen molar-refractivity contribution in [2.75, 3.05) is 19.0 Å². The van der Waals surface area contributed by atoms with Crippen LogP contribution in [0, 0.1) is 5.92 Å². The van der Waals surface area contributed by atoms with Crippen molar-refractivity contribution < 1.29 is 14.3 Å². The van der Waals surface area contributed by atoms with Gasteiger partial charge in [0.2, 0.25) is 5.91 Å². The number of benzene rings is 1. The molecule has 1 N–H and O–H groups in total. The first-order valence-electron chi connectivity index (χ1n) is 9.25. The number of anilines is 1. The standard InChI is InChI=1S/C21H26N2O3/c1-25-18-11-9-16(10-12-18)14-20(24)23-21-19(8-5-13-22-21)26-15-17-6-3-2-4-7-17/h5,8-13,17H,2-4,6-7,14-15H2,1H3,(H,22,23,24). The number of amides is 1. The molecule has 5 nitrogen and oxygen atoms in total. The van der Waals surface area contributed by atoms with Gasteiger partial charge in [-0.2, -0.15) is 0 Å². The first-order chi connectivity index (χ1) is 12.7. The number of carbonyl (C=O) groups excluding carboxylic acids is 1. The lowest BCUT2D eigenvalue weighted by Crippen LogP contribution is -2.18. The molecule has 0 aliphatic heterocycles. The van der Waals surface area contributed by atoms with Gasteiger partial charge in [0.05, 0.1) is 20.1 Å². The zero-order valence-electron chi connectivity index (χ0n) is 15.2. The molecule has 1 fully saturated rings. The number of ether oxygens (including phenoxy) is 2. The van der Waals surface area contributed by atoms with E-state index in [9.17, 15) is 4.79 Å². The number of carbonyl (C=O) groups is 1. The lowest BCUT2D eigenvalue weighted by Gasteiger charge is -2.22. The second kappa shape index (κ2) is 9.22. The Kier molecular flexibility index (Phi) is 6.47. The van der Waals surface area contributed by atoms with E-state index in [1.165, 1.54) is 32.1 Å². The quantitative estimate of drug-likeness (QED) is 0.808. The van der Waals surface area contributed by atoms with Gasteiger partial charge in [-0.3, -0.25) is 4.79 Å². The van der Waals surface area contributed by atoms with Gasteiger partial charge in [0.15, 0.2) is 11.6 Å². The first-order valence-corrected chi connectivity index (χ1v) is 9.25. The van der Waals surface area contributed by atoms with Crippen LogP contribution in [0.15, 0.2) is 42.6 Å². The van der Waals surface area contributed by atoms with E-state index in [1.807, 2.05) is 36.4 Å². The number of pyridine rings is 1. The van der Waals surface area contributed by atoms with E-state index < -0.39 is 0 Å². The maximum atomic E-state index is 12.4. The van der Waals surface area contributed by atoms with Crippen LogP contribution in [0.3, 0.4) is 0 Å². The second-order valence-corrected chi connectivity index (χ2v) is 6.74. The zero-order chi connectivity index (χ0) is 18.2. The van der Waals surface area contributed by atoms with Crippen LogP contribution in [0.25, 0.3) is 0 Å². The maximum Gasteiger partial charge on any atom is 0.230 e. The SMILES string of the molecule is COc1ccc(CC(=O)Nc2ncccc2OCC2CCCCC2)cc1. The van der Waals surface area contributed by atoms with Crippen molar-refractivity contribution in [3.63, 3.8) is 0 Å². The van der Waals surface area contributed by atoms with Gasteiger partial charge in [0.25, 0.3) is 0 Å². The highest BCUT2D eigenvalue weighted by atomic mass is 16.5. The molecule has 1 heterocycles. The van der Waals surface area contributed by atoms with E-state index in [0.717, 1.165) is 11.3 Å². The third-order valence-electron chi connectivity index (χ3n) is 4.75. The summed E-state index contributed by atoms with van der Waals surface area (Å²) in [5.41, 5.74) is 0.920. The average Bonchev–Trinajstić information content (AvgIpc) is 2.68. The molecule has 3 rings (SSSR count). The van der Waals surface area contributed by atoms with E-state index in [0.29, 0.717) is 24.1 Å². The molecule has 0 bridgehead atoms. The van der Waals surface area contributed by atoms with Crippen LogP contribution in [-0.2, 0) is 11.2 Å². The molecule has 0 saturated heterocycles. The molecule has 1 aromatic heterocycles. The molecule has 1 saturated carbocycles. The second-order valence-electron chi connectivity index (χ2n) is 6.74. The number of methoxy groups -OCH3 is 1. The minimum absolute atomic E-state index is 0.114. The average molecular weight is 354 g/mol. The highest BCUT2D eigenvalue weighted by molar-refractivity contribution is 5.92. The fraction of sp³-hybridized carbons (Fsp3) is 0.429. The maximum absolute atomic E-state index is 12.4. The predicted molar refractivity (Wildman–Crippen MR) is 102 cm³/mol. The van der Waals surface area contributed by atoms with Crippen molar-refractivity contribution in [3.05, 3.63) is 48.2 Å². The van der Waals surface area contributed by atoms with Crippen LogP contribution in [0.5, 0.6) is 11.5 Å². The molecule has 5 heteroatoms. The molecule has 0 radical (unpaired) electrons. The number of rotatable bonds is 7. The van der Waals surface area contributed by atoms with Crippen molar-refractivity contribution in [3.8, 4) is 11.5 Å². The lowest BCUT2D eigenvalue weighted by molar-refractivity contribution is -0.115. The summed E-state index contributed by atoms with van der Waals surface area (Å²) in [4.78, 5) is 16.6. The summed E-state index contributed by atoms with van der Waals surface area (Å²) in [7, 11) is 1.62. The van der Waals surface area contributed by atoms with Gasteiger partial charge in [-0.1, -0.05) is 31.4 Å². The molecular weight excluding hydrogens is 328 g/mol. The van der Waals surface area contributed by atoms with Crippen LogP contribution in [-0.4, -0.2) is 24.6 Å². The number of hydrogen-bond acceptors (Lipinski definition) is 4. The molecule has 2 aromatic rings. The largest absolute Gasteiger partial charge is 0.497 e. The third-order valence-corrected chi connectivity index (χ3v) is 4.75. The summed E-state index contributed by atoms with van der Waals surface area (Å²) in [5.74, 6) is 2.39. The highest BCUT2D eigenvalue weighted by Crippen LogP contribution is 2.27. The Bertz CT molecular complexity index is 709.